The summed E-state index contributed by atoms with van der Waals surface area (Å²) < 4.78 is 5.00. The molecule has 1 aromatic carbocycles. The molecule has 3 rings (SSSR count). The number of carbonyl (C=O) groups excluding carboxylic acids is 1. The summed E-state index contributed by atoms with van der Waals surface area (Å²) in [6.45, 7) is 0.232. The third kappa shape index (κ3) is 5.02. The van der Waals surface area contributed by atoms with Gasteiger partial charge in [0, 0.05) is 11.9 Å². The van der Waals surface area contributed by atoms with Crippen molar-refractivity contribution < 1.29 is 14.4 Å². The summed E-state index contributed by atoms with van der Waals surface area (Å²) in [6.07, 6.45) is 0.920. The quantitative estimate of drug-likeness (QED) is 0.277. The van der Waals surface area contributed by atoms with Crippen molar-refractivity contribution in [2.45, 2.75) is 5.03 Å². The van der Waals surface area contributed by atoms with Gasteiger partial charge in [-0.05, 0) is 40.3 Å². The smallest absolute Gasteiger partial charge is 0.432 e. The molecule has 126 valence electrons. The van der Waals surface area contributed by atoms with Crippen LogP contribution in [0.25, 0.3) is 11.0 Å². The Hall–Kier alpha value is -1.97. The van der Waals surface area contributed by atoms with Crippen LogP contribution in [-0.2, 0) is 4.74 Å². The molecule has 0 N–H and O–H groups in total. The van der Waals surface area contributed by atoms with Crippen molar-refractivity contribution in [2.24, 2.45) is 0 Å². The molecule has 0 spiro atoms. The van der Waals surface area contributed by atoms with E-state index in [-0.39, 0.29) is 19.0 Å². The Kier molecular flexibility index (Phi) is 7.16. The average molecular weight is 385 g/mol. The van der Waals surface area contributed by atoms with E-state index in [0.29, 0.717) is 16.8 Å². The van der Waals surface area contributed by atoms with Gasteiger partial charge in [-0.15, -0.1) is 17.5 Å². The largest absolute Gasteiger partial charge is 0.535 e. The molecule has 0 bridgehead atoms. The standard InChI is InChI=1S/C14H12N4O3S2.ClH/c19-14(20-9-10-22-23-13-7-3-4-8-15-13)21-18-12-6-2-1-5-11(12)16-17-18;/h1-8H,9-10H2;1H. The number of benzene rings is 1. The molecule has 0 amide bonds. The average Bonchev–Trinajstić information content (AvgIpc) is 2.99. The van der Waals surface area contributed by atoms with Gasteiger partial charge in [0.25, 0.3) is 0 Å². The predicted molar refractivity (Wildman–Crippen MR) is 95.3 cm³/mol. The Morgan fingerprint density at radius 1 is 1.17 bits per heavy atom. The van der Waals surface area contributed by atoms with E-state index in [2.05, 4.69) is 15.3 Å². The van der Waals surface area contributed by atoms with Gasteiger partial charge >= 0.3 is 6.16 Å². The van der Waals surface area contributed by atoms with Gasteiger partial charge in [0.2, 0.25) is 0 Å². The Bertz CT molecular complexity index is 788. The topological polar surface area (TPSA) is 79.1 Å². The highest BCUT2D eigenvalue weighted by Crippen LogP contribution is 2.28. The normalized spacial score (nSPS) is 10.2. The second-order valence-electron chi connectivity index (χ2n) is 4.21. The molecule has 0 radical (unpaired) electrons. The lowest BCUT2D eigenvalue weighted by Gasteiger charge is -2.04. The SMILES string of the molecule is Cl.O=C(OCCSSc1ccccn1)On1nnc2ccccc21. The highest BCUT2D eigenvalue weighted by molar-refractivity contribution is 8.76. The van der Waals surface area contributed by atoms with E-state index < -0.39 is 6.16 Å². The van der Waals surface area contributed by atoms with Crippen LogP contribution in [0, 0.1) is 0 Å². The van der Waals surface area contributed by atoms with E-state index in [9.17, 15) is 4.79 Å². The number of aromatic nitrogens is 4. The van der Waals surface area contributed by atoms with Gasteiger partial charge in [0.1, 0.15) is 22.7 Å². The lowest BCUT2D eigenvalue weighted by molar-refractivity contribution is 0.0434. The molecular weight excluding hydrogens is 372 g/mol. The highest BCUT2D eigenvalue weighted by atomic mass is 35.5. The van der Waals surface area contributed by atoms with Gasteiger partial charge in [0.15, 0.2) is 0 Å². The van der Waals surface area contributed by atoms with Crippen LogP contribution in [0.3, 0.4) is 0 Å². The van der Waals surface area contributed by atoms with Crippen LogP contribution in [0.1, 0.15) is 0 Å². The molecule has 2 heterocycles. The zero-order chi connectivity index (χ0) is 15.9. The van der Waals surface area contributed by atoms with Crippen LogP contribution in [-0.4, -0.2) is 38.7 Å². The highest BCUT2D eigenvalue weighted by Gasteiger charge is 2.10. The Morgan fingerprint density at radius 3 is 2.83 bits per heavy atom. The molecule has 0 saturated carbocycles. The Balaban J connectivity index is 0.00000208. The maximum atomic E-state index is 11.6. The summed E-state index contributed by atoms with van der Waals surface area (Å²) in [7, 11) is 3.07. The zero-order valence-corrected chi connectivity index (χ0v) is 14.7. The summed E-state index contributed by atoms with van der Waals surface area (Å²) in [5.41, 5.74) is 1.24. The number of ether oxygens (including phenoxy) is 1. The number of fused-ring (bicyclic) bond motifs is 1. The van der Waals surface area contributed by atoms with Crippen LogP contribution in [0.15, 0.2) is 53.7 Å². The summed E-state index contributed by atoms with van der Waals surface area (Å²) in [4.78, 5) is 21.8. The van der Waals surface area contributed by atoms with Crippen molar-refractivity contribution in [1.29, 1.82) is 0 Å². The number of rotatable bonds is 6. The number of carbonyl (C=O) groups is 1. The molecule has 0 aliphatic carbocycles. The maximum absolute atomic E-state index is 11.6. The first-order chi connectivity index (χ1) is 11.3. The minimum atomic E-state index is -0.816. The Labute approximate surface area is 151 Å². The predicted octanol–water partition coefficient (Wildman–Crippen LogP) is 3.25. The fraction of sp³-hybridized carbons (Fsp3) is 0.143. The van der Waals surface area contributed by atoms with Gasteiger partial charge in [-0.25, -0.2) is 9.78 Å². The minimum Gasteiger partial charge on any atom is -0.432 e. The summed E-state index contributed by atoms with van der Waals surface area (Å²) in [6, 6.07) is 12.9. The first-order valence-electron chi connectivity index (χ1n) is 6.69. The van der Waals surface area contributed by atoms with Crippen LogP contribution >= 0.6 is 34.0 Å². The lowest BCUT2D eigenvalue weighted by Crippen LogP contribution is -2.22. The maximum Gasteiger partial charge on any atom is 0.535 e. The molecule has 0 aliphatic heterocycles. The van der Waals surface area contributed by atoms with Gasteiger partial charge in [-0.1, -0.05) is 33.8 Å². The monoisotopic (exact) mass is 384 g/mol. The first kappa shape index (κ1) is 18.4. The molecular formula is C14H13ClN4O3S2. The second-order valence-corrected chi connectivity index (χ2v) is 6.65. The van der Waals surface area contributed by atoms with E-state index >= 15 is 0 Å². The minimum absolute atomic E-state index is 0. The van der Waals surface area contributed by atoms with Crippen LogP contribution in [0.2, 0.25) is 0 Å². The first-order valence-corrected chi connectivity index (χ1v) is 9.01. The second kappa shape index (κ2) is 9.36. The molecule has 24 heavy (non-hydrogen) atoms. The number of halogens is 1. The van der Waals surface area contributed by atoms with Crippen LogP contribution in [0.4, 0.5) is 4.79 Å². The fourth-order valence-electron chi connectivity index (χ4n) is 1.67. The van der Waals surface area contributed by atoms with Gasteiger partial charge in [-0.3, -0.25) is 4.84 Å². The van der Waals surface area contributed by atoms with Crippen LogP contribution in [0.5, 0.6) is 0 Å². The number of hydrogen-bond acceptors (Lipinski definition) is 8. The van der Waals surface area contributed by atoms with Crippen molar-refractivity contribution in [3.8, 4) is 0 Å². The van der Waals surface area contributed by atoms with Crippen molar-refractivity contribution in [2.75, 3.05) is 12.4 Å². The molecule has 0 fully saturated rings. The molecule has 0 unspecified atom stereocenters. The number of pyridine rings is 1. The zero-order valence-electron chi connectivity index (χ0n) is 12.3. The number of hydrogen-bond donors (Lipinski definition) is 0. The molecule has 0 aliphatic rings. The summed E-state index contributed by atoms with van der Waals surface area (Å²) in [5, 5.41) is 8.54. The van der Waals surface area contributed by atoms with Gasteiger partial charge in [0.05, 0.1) is 0 Å². The van der Waals surface area contributed by atoms with E-state index in [4.69, 9.17) is 9.57 Å². The number of nitrogens with zero attached hydrogens (tertiary/aromatic N) is 4. The lowest BCUT2D eigenvalue weighted by atomic mass is 10.3. The molecule has 0 saturated heterocycles. The fourth-order valence-corrected chi connectivity index (χ4v) is 3.37. The third-order valence-corrected chi connectivity index (χ3v) is 4.88. The van der Waals surface area contributed by atoms with E-state index in [1.165, 1.54) is 10.8 Å². The van der Waals surface area contributed by atoms with E-state index in [1.807, 2.05) is 30.3 Å². The molecule has 2 aromatic heterocycles. The van der Waals surface area contributed by atoms with Crippen molar-refractivity contribution >= 4 is 51.2 Å². The molecule has 0 atom stereocenters. The van der Waals surface area contributed by atoms with Crippen molar-refractivity contribution in [1.82, 2.24) is 20.1 Å². The van der Waals surface area contributed by atoms with E-state index in [1.54, 1.807) is 29.1 Å². The number of para-hydroxylation sites is 1. The molecule has 10 heteroatoms. The van der Waals surface area contributed by atoms with Crippen molar-refractivity contribution in [3.05, 3.63) is 48.7 Å². The Morgan fingerprint density at radius 2 is 2.00 bits per heavy atom. The summed E-state index contributed by atoms with van der Waals surface area (Å²) in [5.74, 6) is 0.619. The van der Waals surface area contributed by atoms with Crippen LogP contribution < -0.4 is 4.84 Å². The molecule has 3 aromatic rings. The third-order valence-electron chi connectivity index (χ3n) is 2.65. The van der Waals surface area contributed by atoms with Gasteiger partial charge in [-0.2, -0.15) is 0 Å². The van der Waals surface area contributed by atoms with Crippen molar-refractivity contribution in [3.63, 3.8) is 0 Å². The van der Waals surface area contributed by atoms with Gasteiger partial charge < -0.3 is 4.74 Å². The molecule has 7 nitrogen and oxygen atoms in total. The summed E-state index contributed by atoms with van der Waals surface area (Å²) >= 11 is 0. The van der Waals surface area contributed by atoms with E-state index in [0.717, 1.165) is 9.87 Å².